The van der Waals surface area contributed by atoms with Crippen LogP contribution in [0, 0.1) is 5.92 Å². The van der Waals surface area contributed by atoms with Gasteiger partial charge in [0.05, 0.1) is 0 Å². The van der Waals surface area contributed by atoms with Crippen molar-refractivity contribution in [3.05, 3.63) is 0 Å². The van der Waals surface area contributed by atoms with Crippen molar-refractivity contribution in [2.45, 2.75) is 69.9 Å². The monoisotopic (exact) mass is 254 g/mol. The highest BCUT2D eigenvalue weighted by molar-refractivity contribution is 5.74. The highest BCUT2D eigenvalue weighted by atomic mass is 16.3. The number of aliphatic hydroxyl groups is 1. The molecule has 0 spiro atoms. The molecule has 2 unspecified atom stereocenters. The first-order valence-electron chi connectivity index (χ1n) is 7.47. The van der Waals surface area contributed by atoms with E-state index in [0.29, 0.717) is 6.04 Å². The van der Waals surface area contributed by atoms with E-state index in [9.17, 15) is 9.90 Å². The zero-order valence-electron chi connectivity index (χ0n) is 11.2. The SMILES string of the molecule is O=C(NC1CCCC1)NC1CCCCCC1CO. The summed E-state index contributed by atoms with van der Waals surface area (Å²) in [5.74, 6) is 0.238. The van der Waals surface area contributed by atoms with E-state index in [0.717, 1.165) is 32.1 Å². The van der Waals surface area contributed by atoms with Crippen molar-refractivity contribution in [1.82, 2.24) is 10.6 Å². The van der Waals surface area contributed by atoms with Crippen LogP contribution in [0.5, 0.6) is 0 Å². The van der Waals surface area contributed by atoms with Crippen LogP contribution in [0.3, 0.4) is 0 Å². The van der Waals surface area contributed by atoms with Crippen LogP contribution in [0.2, 0.25) is 0 Å². The minimum atomic E-state index is -0.0350. The highest BCUT2D eigenvalue weighted by Crippen LogP contribution is 2.23. The summed E-state index contributed by atoms with van der Waals surface area (Å²) in [6, 6.07) is 0.481. The molecule has 4 nitrogen and oxygen atoms in total. The minimum absolute atomic E-state index is 0.0350. The second-order valence-corrected chi connectivity index (χ2v) is 5.79. The Bertz CT molecular complexity index is 265. The third-order valence-electron chi connectivity index (χ3n) is 4.40. The maximum Gasteiger partial charge on any atom is 0.315 e. The third kappa shape index (κ3) is 3.87. The molecule has 2 rings (SSSR count). The van der Waals surface area contributed by atoms with Crippen molar-refractivity contribution in [3.8, 4) is 0 Å². The molecule has 2 atom stereocenters. The molecule has 18 heavy (non-hydrogen) atoms. The molecule has 2 amide bonds. The molecule has 2 aliphatic carbocycles. The average molecular weight is 254 g/mol. The Labute approximate surface area is 110 Å². The summed E-state index contributed by atoms with van der Waals surface area (Å²) in [7, 11) is 0. The molecular formula is C14H26N2O2. The van der Waals surface area contributed by atoms with E-state index >= 15 is 0 Å². The van der Waals surface area contributed by atoms with Crippen molar-refractivity contribution in [3.63, 3.8) is 0 Å². The Balaban J connectivity index is 1.79. The van der Waals surface area contributed by atoms with E-state index in [1.54, 1.807) is 0 Å². The van der Waals surface area contributed by atoms with Crippen molar-refractivity contribution < 1.29 is 9.90 Å². The number of carbonyl (C=O) groups is 1. The van der Waals surface area contributed by atoms with Crippen LogP contribution in [0.1, 0.15) is 57.8 Å². The number of nitrogens with one attached hydrogen (secondary N) is 2. The molecule has 0 aromatic rings. The second-order valence-electron chi connectivity index (χ2n) is 5.79. The smallest absolute Gasteiger partial charge is 0.315 e. The van der Waals surface area contributed by atoms with Gasteiger partial charge in [0.1, 0.15) is 0 Å². The van der Waals surface area contributed by atoms with Crippen molar-refractivity contribution in [2.75, 3.05) is 6.61 Å². The lowest BCUT2D eigenvalue weighted by atomic mass is 9.96. The fraction of sp³-hybridized carbons (Fsp3) is 0.929. The van der Waals surface area contributed by atoms with Gasteiger partial charge in [-0.25, -0.2) is 4.79 Å². The number of urea groups is 1. The predicted octanol–water partition coefficient (Wildman–Crippen LogP) is 2.17. The maximum atomic E-state index is 11.9. The van der Waals surface area contributed by atoms with Gasteiger partial charge >= 0.3 is 6.03 Å². The van der Waals surface area contributed by atoms with E-state index in [1.807, 2.05) is 0 Å². The lowest BCUT2D eigenvalue weighted by Crippen LogP contribution is -2.48. The molecular weight excluding hydrogens is 228 g/mol. The molecule has 0 aromatic heterocycles. The molecule has 0 aliphatic heterocycles. The van der Waals surface area contributed by atoms with Gasteiger partial charge in [-0.05, 0) is 25.7 Å². The van der Waals surface area contributed by atoms with Crippen molar-refractivity contribution in [2.24, 2.45) is 5.92 Å². The van der Waals surface area contributed by atoms with Gasteiger partial charge in [0.2, 0.25) is 0 Å². The van der Waals surface area contributed by atoms with Crippen LogP contribution in [-0.4, -0.2) is 29.8 Å². The molecule has 104 valence electrons. The predicted molar refractivity (Wildman–Crippen MR) is 71.4 cm³/mol. The largest absolute Gasteiger partial charge is 0.396 e. The van der Waals surface area contributed by atoms with Crippen molar-refractivity contribution in [1.29, 1.82) is 0 Å². The van der Waals surface area contributed by atoms with E-state index in [-0.39, 0.29) is 24.6 Å². The van der Waals surface area contributed by atoms with Crippen LogP contribution in [-0.2, 0) is 0 Å². The number of amides is 2. The molecule has 3 N–H and O–H groups in total. The Hall–Kier alpha value is -0.770. The number of carbonyl (C=O) groups excluding carboxylic acids is 1. The van der Waals surface area contributed by atoms with E-state index in [4.69, 9.17) is 0 Å². The normalized spacial score (nSPS) is 29.8. The van der Waals surface area contributed by atoms with E-state index < -0.39 is 0 Å². The molecule has 2 aliphatic rings. The zero-order valence-corrected chi connectivity index (χ0v) is 11.2. The molecule has 0 bridgehead atoms. The number of hydrogen-bond acceptors (Lipinski definition) is 2. The Morgan fingerprint density at radius 2 is 1.61 bits per heavy atom. The Kier molecular flexibility index (Phi) is 5.29. The van der Waals surface area contributed by atoms with Crippen LogP contribution < -0.4 is 10.6 Å². The summed E-state index contributed by atoms with van der Waals surface area (Å²) in [6.45, 7) is 0.189. The van der Waals surface area contributed by atoms with E-state index in [1.165, 1.54) is 25.7 Å². The summed E-state index contributed by atoms with van der Waals surface area (Å²) < 4.78 is 0. The molecule has 0 radical (unpaired) electrons. The molecule has 0 saturated heterocycles. The molecule has 4 heteroatoms. The lowest BCUT2D eigenvalue weighted by molar-refractivity contribution is 0.178. The Morgan fingerprint density at radius 1 is 0.944 bits per heavy atom. The Morgan fingerprint density at radius 3 is 2.33 bits per heavy atom. The summed E-state index contributed by atoms with van der Waals surface area (Å²) in [5.41, 5.74) is 0. The van der Waals surface area contributed by atoms with Gasteiger partial charge < -0.3 is 15.7 Å². The van der Waals surface area contributed by atoms with E-state index in [2.05, 4.69) is 10.6 Å². The zero-order chi connectivity index (χ0) is 12.8. The summed E-state index contributed by atoms with van der Waals surface area (Å²) >= 11 is 0. The molecule has 2 fully saturated rings. The summed E-state index contributed by atoms with van der Waals surface area (Å²) in [4.78, 5) is 11.9. The van der Waals surface area contributed by atoms with Gasteiger partial charge in [-0.2, -0.15) is 0 Å². The molecule has 0 aromatic carbocycles. The summed E-state index contributed by atoms with van der Waals surface area (Å²) in [5, 5.41) is 15.5. The molecule has 0 heterocycles. The fourth-order valence-electron chi connectivity index (χ4n) is 3.26. The first kappa shape index (κ1) is 13.7. The number of aliphatic hydroxyl groups excluding tert-OH is 1. The molecule has 2 saturated carbocycles. The topological polar surface area (TPSA) is 61.4 Å². The standard InChI is InChI=1S/C14H26N2O2/c17-10-11-6-2-1-3-9-13(11)16-14(18)15-12-7-4-5-8-12/h11-13,17H,1-10H2,(H2,15,16,18). The van der Waals surface area contributed by atoms with Gasteiger partial charge in [0, 0.05) is 24.6 Å². The number of hydrogen-bond donors (Lipinski definition) is 3. The number of rotatable bonds is 3. The van der Waals surface area contributed by atoms with Gasteiger partial charge in [0.15, 0.2) is 0 Å². The van der Waals surface area contributed by atoms with Crippen LogP contribution in [0.15, 0.2) is 0 Å². The second kappa shape index (κ2) is 6.98. The average Bonchev–Trinajstić information content (AvgIpc) is 2.75. The van der Waals surface area contributed by atoms with Crippen LogP contribution in [0.25, 0.3) is 0 Å². The first-order chi connectivity index (χ1) is 8.79. The fourth-order valence-corrected chi connectivity index (χ4v) is 3.26. The quantitative estimate of drug-likeness (QED) is 0.676. The van der Waals surface area contributed by atoms with Crippen molar-refractivity contribution >= 4 is 6.03 Å². The summed E-state index contributed by atoms with van der Waals surface area (Å²) in [6.07, 6.45) is 10.3. The van der Waals surface area contributed by atoms with Gasteiger partial charge in [-0.1, -0.05) is 32.1 Å². The minimum Gasteiger partial charge on any atom is -0.396 e. The maximum absolute atomic E-state index is 11.9. The van der Waals surface area contributed by atoms with Crippen LogP contribution in [0.4, 0.5) is 4.79 Å². The lowest BCUT2D eigenvalue weighted by Gasteiger charge is -2.25. The van der Waals surface area contributed by atoms with Gasteiger partial charge in [-0.3, -0.25) is 0 Å². The first-order valence-corrected chi connectivity index (χ1v) is 7.47. The highest BCUT2D eigenvalue weighted by Gasteiger charge is 2.25. The third-order valence-corrected chi connectivity index (χ3v) is 4.40. The van der Waals surface area contributed by atoms with Crippen LogP contribution >= 0.6 is 0 Å². The van der Waals surface area contributed by atoms with Gasteiger partial charge in [-0.15, -0.1) is 0 Å². The van der Waals surface area contributed by atoms with Gasteiger partial charge in [0.25, 0.3) is 0 Å².